The number of nitrogens with zero attached hydrogens (tertiary/aromatic N) is 5. The maximum atomic E-state index is 15.4. The van der Waals surface area contributed by atoms with Crippen molar-refractivity contribution in [1.82, 2.24) is 19.8 Å². The first-order valence-electron chi connectivity index (χ1n) is 15.2. The van der Waals surface area contributed by atoms with Crippen LogP contribution in [-0.4, -0.2) is 82.8 Å². The number of benzene rings is 1. The van der Waals surface area contributed by atoms with Gasteiger partial charge in [0, 0.05) is 56.2 Å². The molecule has 5 heterocycles. The molecule has 3 saturated heterocycles. The number of halogens is 5. The molecule has 3 fully saturated rings. The summed E-state index contributed by atoms with van der Waals surface area (Å²) in [6, 6.07) is 0.786. The predicted octanol–water partition coefficient (Wildman–Crippen LogP) is 4.52. The van der Waals surface area contributed by atoms with Crippen molar-refractivity contribution in [3.05, 3.63) is 52.5 Å². The first kappa shape index (κ1) is 31.5. The van der Waals surface area contributed by atoms with Gasteiger partial charge in [-0.25, -0.2) is 8.78 Å². The van der Waals surface area contributed by atoms with Crippen molar-refractivity contribution >= 4 is 17.4 Å². The van der Waals surface area contributed by atoms with Gasteiger partial charge in [0.15, 0.2) is 5.82 Å². The number of piperazine rings is 1. The van der Waals surface area contributed by atoms with E-state index in [-0.39, 0.29) is 43.2 Å². The van der Waals surface area contributed by atoms with Crippen molar-refractivity contribution in [1.29, 1.82) is 0 Å². The highest BCUT2D eigenvalue weighted by atomic mass is 19.4. The minimum absolute atomic E-state index is 0.00463. The number of nitrogens with two attached hydrogens (primary N) is 1. The summed E-state index contributed by atoms with van der Waals surface area (Å²) >= 11 is 0. The number of hydrogen-bond acceptors (Lipinski definition) is 8. The van der Waals surface area contributed by atoms with Crippen LogP contribution in [0.2, 0.25) is 0 Å². The number of carbonyl (C=O) groups excluding carboxylic acids is 1. The second kappa shape index (κ2) is 11.7. The lowest BCUT2D eigenvalue weighted by atomic mass is 9.91. The second-order valence-corrected chi connectivity index (χ2v) is 12.5. The molecular formula is C31H37F5N6O3. The van der Waals surface area contributed by atoms with Gasteiger partial charge < -0.3 is 25.0 Å². The van der Waals surface area contributed by atoms with Gasteiger partial charge in [-0.05, 0) is 50.9 Å². The van der Waals surface area contributed by atoms with Gasteiger partial charge in [0.25, 0.3) is 0 Å². The zero-order valence-corrected chi connectivity index (χ0v) is 25.3. The summed E-state index contributed by atoms with van der Waals surface area (Å²) in [4.78, 5) is 27.4. The number of nitrogen functional groups attached to an aromatic ring is 1. The number of alkyl halides is 4. The van der Waals surface area contributed by atoms with E-state index in [1.165, 1.54) is 13.0 Å². The summed E-state index contributed by atoms with van der Waals surface area (Å²) in [5.41, 5.74) is 3.84. The Bertz CT molecular complexity index is 1510. The average molecular weight is 637 g/mol. The summed E-state index contributed by atoms with van der Waals surface area (Å²) in [5, 5.41) is 0. The molecule has 0 saturated carbocycles. The Morgan fingerprint density at radius 2 is 2.04 bits per heavy atom. The van der Waals surface area contributed by atoms with E-state index >= 15 is 4.39 Å². The number of rotatable bonds is 6. The molecule has 1 amide bonds. The fourth-order valence-corrected chi connectivity index (χ4v) is 7.49. The zero-order valence-electron chi connectivity index (χ0n) is 25.3. The van der Waals surface area contributed by atoms with E-state index < -0.39 is 46.6 Å². The van der Waals surface area contributed by atoms with E-state index in [1.807, 2.05) is 11.8 Å². The van der Waals surface area contributed by atoms with Crippen LogP contribution >= 0.6 is 0 Å². The first-order valence-corrected chi connectivity index (χ1v) is 15.2. The monoisotopic (exact) mass is 636 g/mol. The van der Waals surface area contributed by atoms with Gasteiger partial charge in [0.05, 0.1) is 35.2 Å². The Labute approximate surface area is 258 Å². The van der Waals surface area contributed by atoms with E-state index in [9.17, 15) is 22.4 Å². The Kier molecular flexibility index (Phi) is 8.17. The lowest BCUT2D eigenvalue weighted by Crippen LogP contribution is -2.54. The van der Waals surface area contributed by atoms with Gasteiger partial charge >= 0.3 is 12.2 Å². The molecule has 0 radical (unpaired) electrons. The average Bonchev–Trinajstić information content (AvgIpc) is 3.51. The van der Waals surface area contributed by atoms with Crippen molar-refractivity contribution in [2.45, 2.75) is 76.2 Å². The van der Waals surface area contributed by atoms with Crippen LogP contribution in [0.25, 0.3) is 0 Å². The van der Waals surface area contributed by atoms with Crippen molar-refractivity contribution in [3.8, 4) is 6.01 Å². The molecule has 0 aliphatic carbocycles. The summed E-state index contributed by atoms with van der Waals surface area (Å²) in [6.07, 6.45) is -4.02. The molecule has 9 nitrogen and oxygen atoms in total. The van der Waals surface area contributed by atoms with E-state index in [4.69, 9.17) is 20.2 Å². The predicted molar refractivity (Wildman–Crippen MR) is 156 cm³/mol. The minimum Gasteiger partial charge on any atom is -0.461 e. The SMILES string of the molecule is C=CC(=O)N1CCN(c2nc(OC[C@@]34CCCN3C[C@H](F)C4)nc3c2CO[C@H](c2c(F)c(N)cc(C)c2C(F)(F)F)C3)[C@@H](C)C1. The van der Waals surface area contributed by atoms with Crippen LogP contribution in [-0.2, 0) is 28.7 Å². The number of hydrogen-bond donors (Lipinski definition) is 1. The van der Waals surface area contributed by atoms with Crippen LogP contribution in [0.15, 0.2) is 18.7 Å². The van der Waals surface area contributed by atoms with E-state index in [0.717, 1.165) is 25.5 Å². The molecule has 2 aromatic rings. The van der Waals surface area contributed by atoms with Crippen LogP contribution in [0.1, 0.15) is 60.2 Å². The largest absolute Gasteiger partial charge is 0.461 e. The third kappa shape index (κ3) is 5.71. The van der Waals surface area contributed by atoms with Gasteiger partial charge in [0.2, 0.25) is 5.91 Å². The molecule has 4 aliphatic rings. The van der Waals surface area contributed by atoms with E-state index in [1.54, 1.807) is 4.90 Å². The summed E-state index contributed by atoms with van der Waals surface area (Å²) in [5.74, 6) is -0.891. The molecular weight excluding hydrogens is 599 g/mol. The first-order chi connectivity index (χ1) is 21.3. The van der Waals surface area contributed by atoms with Crippen molar-refractivity contribution in [2.75, 3.05) is 50.0 Å². The fraction of sp³-hybridized carbons (Fsp3) is 0.581. The minimum atomic E-state index is -4.84. The normalized spacial score (nSPS) is 27.0. The van der Waals surface area contributed by atoms with Crippen molar-refractivity contribution in [2.24, 2.45) is 0 Å². The number of ether oxygens (including phenoxy) is 2. The van der Waals surface area contributed by atoms with Gasteiger partial charge in [-0.1, -0.05) is 6.58 Å². The molecule has 0 spiro atoms. The molecule has 4 atom stereocenters. The van der Waals surface area contributed by atoms with Crippen LogP contribution in [0.4, 0.5) is 33.5 Å². The quantitative estimate of drug-likeness (QED) is 0.281. The topological polar surface area (TPSA) is 97.0 Å². The Balaban J connectivity index is 1.37. The highest BCUT2D eigenvalue weighted by Crippen LogP contribution is 2.45. The van der Waals surface area contributed by atoms with Gasteiger partial charge in [0.1, 0.15) is 18.6 Å². The molecule has 6 rings (SSSR count). The van der Waals surface area contributed by atoms with Gasteiger partial charge in [-0.15, -0.1) is 0 Å². The Morgan fingerprint density at radius 1 is 1.27 bits per heavy atom. The van der Waals surface area contributed by atoms with Crippen LogP contribution in [0, 0.1) is 12.7 Å². The number of amides is 1. The molecule has 244 valence electrons. The lowest BCUT2D eigenvalue weighted by Gasteiger charge is -2.41. The smallest absolute Gasteiger partial charge is 0.417 e. The van der Waals surface area contributed by atoms with Gasteiger partial charge in [-0.3, -0.25) is 9.69 Å². The third-order valence-electron chi connectivity index (χ3n) is 9.61. The summed E-state index contributed by atoms with van der Waals surface area (Å²) in [6.45, 7) is 9.03. The number of aryl methyl sites for hydroxylation is 1. The lowest BCUT2D eigenvalue weighted by molar-refractivity contribution is -0.140. The molecule has 0 bridgehead atoms. The second-order valence-electron chi connectivity index (χ2n) is 12.5. The van der Waals surface area contributed by atoms with Crippen LogP contribution in [0.3, 0.4) is 0 Å². The third-order valence-corrected chi connectivity index (χ3v) is 9.61. The Hall–Kier alpha value is -3.52. The van der Waals surface area contributed by atoms with Crippen molar-refractivity contribution in [3.63, 3.8) is 0 Å². The Morgan fingerprint density at radius 3 is 2.76 bits per heavy atom. The van der Waals surface area contributed by atoms with Crippen LogP contribution in [0.5, 0.6) is 6.01 Å². The molecule has 14 heteroatoms. The fourth-order valence-electron chi connectivity index (χ4n) is 7.49. The summed E-state index contributed by atoms with van der Waals surface area (Å²) < 4.78 is 84.5. The van der Waals surface area contributed by atoms with Crippen molar-refractivity contribution < 1.29 is 36.2 Å². The number of anilines is 2. The number of fused-ring (bicyclic) bond motifs is 2. The van der Waals surface area contributed by atoms with Crippen LogP contribution < -0.4 is 15.4 Å². The van der Waals surface area contributed by atoms with Gasteiger partial charge in [-0.2, -0.15) is 23.1 Å². The summed E-state index contributed by atoms with van der Waals surface area (Å²) in [7, 11) is 0. The van der Waals surface area contributed by atoms with E-state index in [2.05, 4.69) is 16.5 Å². The molecule has 45 heavy (non-hydrogen) atoms. The molecule has 4 aliphatic heterocycles. The number of aromatic nitrogens is 2. The maximum absolute atomic E-state index is 15.4. The highest BCUT2D eigenvalue weighted by Gasteiger charge is 2.49. The standard InChI is InChI=1S/C31H37F5N6O3/c1-4-24(43)40-8-9-42(18(3)13-40)28-20-15-44-23(25-26(31(34,35)36)17(2)10-21(37)27(25)33)11-22(20)38-29(39-28)45-16-30-6-5-7-41(30)14-19(32)12-30/h4,10,18-19,23H,1,5-9,11-16,37H2,2-3H3/t18-,19+,23-,30-/m0/s1. The molecule has 1 aromatic carbocycles. The molecule has 2 N–H and O–H groups in total. The maximum Gasteiger partial charge on any atom is 0.417 e. The number of carbonyl (C=O) groups is 1. The van der Waals surface area contributed by atoms with E-state index in [0.29, 0.717) is 49.7 Å². The highest BCUT2D eigenvalue weighted by molar-refractivity contribution is 5.87. The zero-order chi connectivity index (χ0) is 32.3. The molecule has 1 aromatic heterocycles. The molecule has 0 unspecified atom stereocenters.